The molecule has 2 rings (SSSR count). The molecule has 0 aromatic heterocycles. The van der Waals surface area contributed by atoms with Crippen LogP contribution in [0.4, 0.5) is 13.2 Å². The molecule has 0 amide bonds. The topological polar surface area (TPSA) is 73.8 Å². The van der Waals surface area contributed by atoms with Crippen molar-refractivity contribution in [3.63, 3.8) is 0 Å². The monoisotopic (exact) mass is 512 g/mol. The number of hydrogen-bond donors (Lipinski definition) is 2. The van der Waals surface area contributed by atoms with E-state index in [-0.39, 0.29) is 41.5 Å². The van der Waals surface area contributed by atoms with E-state index in [1.807, 2.05) is 0 Å². The smallest absolute Gasteiger partial charge is 0.356 e. The molecule has 2 fully saturated rings. The van der Waals surface area contributed by atoms with Gasteiger partial charge in [0.1, 0.15) is 0 Å². The van der Waals surface area contributed by atoms with E-state index < -0.39 is 22.6 Å². The van der Waals surface area contributed by atoms with Crippen molar-refractivity contribution in [2.45, 2.75) is 37.9 Å². The van der Waals surface area contributed by atoms with Gasteiger partial charge in [-0.25, -0.2) is 8.42 Å². The van der Waals surface area contributed by atoms with Crippen LogP contribution < -0.4 is 10.6 Å². The van der Waals surface area contributed by atoms with Crippen LogP contribution in [0, 0.1) is 5.92 Å². The molecule has 0 saturated carbocycles. The number of sulfone groups is 1. The molecule has 1 unspecified atom stereocenters. The molecule has 1 atom stereocenters. The van der Waals surface area contributed by atoms with E-state index in [9.17, 15) is 21.6 Å². The van der Waals surface area contributed by atoms with Gasteiger partial charge in [-0.2, -0.15) is 13.2 Å². The lowest BCUT2D eigenvalue weighted by atomic mass is 9.93. The summed E-state index contributed by atoms with van der Waals surface area (Å²) in [5, 5.41) is 6.29. The van der Waals surface area contributed by atoms with Crippen molar-refractivity contribution >= 4 is 39.8 Å². The first kappa shape index (κ1) is 23.7. The second-order valence-electron chi connectivity index (χ2n) is 6.87. The number of guanidine groups is 1. The summed E-state index contributed by atoms with van der Waals surface area (Å²) in [4.78, 5) is 5.56. The molecule has 2 N–H and O–H groups in total. The van der Waals surface area contributed by atoms with Gasteiger partial charge in [0, 0.05) is 19.6 Å². The Morgan fingerprint density at radius 1 is 1.23 bits per heavy atom. The third-order valence-electron chi connectivity index (χ3n) is 4.75. The van der Waals surface area contributed by atoms with E-state index >= 15 is 0 Å². The minimum absolute atomic E-state index is 0. The van der Waals surface area contributed by atoms with Gasteiger partial charge in [0.25, 0.3) is 0 Å². The first-order valence-electron chi connectivity index (χ1n) is 8.63. The van der Waals surface area contributed by atoms with Gasteiger partial charge < -0.3 is 10.6 Å². The predicted octanol–water partition coefficient (Wildman–Crippen LogP) is 1.62. The summed E-state index contributed by atoms with van der Waals surface area (Å²) in [6.07, 6.45) is -1.14. The Balaban J connectivity index is 0.00000338. The van der Waals surface area contributed by atoms with Crippen LogP contribution in [0.5, 0.6) is 0 Å². The number of nitrogens with one attached hydrogen (secondary N) is 2. The summed E-state index contributed by atoms with van der Waals surface area (Å²) in [5.41, 5.74) is 0. The van der Waals surface area contributed by atoms with E-state index in [0.717, 1.165) is 19.3 Å². The molecule has 2 heterocycles. The number of nitrogens with zero attached hydrogens (tertiary/aromatic N) is 2. The highest BCUT2D eigenvalue weighted by Gasteiger charge is 2.32. The average molecular weight is 512 g/mol. The van der Waals surface area contributed by atoms with Crippen LogP contribution >= 0.6 is 24.0 Å². The van der Waals surface area contributed by atoms with Crippen LogP contribution in [0.15, 0.2) is 4.99 Å². The molecule has 0 aromatic carbocycles. The van der Waals surface area contributed by atoms with Gasteiger partial charge in [0.2, 0.25) is 0 Å². The summed E-state index contributed by atoms with van der Waals surface area (Å²) in [6, 6.07) is -0.109. The summed E-state index contributed by atoms with van der Waals surface area (Å²) < 4.78 is 60.1. The van der Waals surface area contributed by atoms with Gasteiger partial charge in [0.15, 0.2) is 15.8 Å². The lowest BCUT2D eigenvalue weighted by Gasteiger charge is -2.32. The van der Waals surface area contributed by atoms with E-state index in [1.165, 1.54) is 4.90 Å². The van der Waals surface area contributed by atoms with Gasteiger partial charge in [-0.3, -0.25) is 9.89 Å². The third-order valence-corrected chi connectivity index (χ3v) is 6.52. The maximum Gasteiger partial charge on any atom is 0.401 e. The van der Waals surface area contributed by atoms with Crippen molar-refractivity contribution in [3.05, 3.63) is 0 Å². The summed E-state index contributed by atoms with van der Waals surface area (Å²) in [7, 11) is -1.30. The lowest BCUT2D eigenvalue weighted by Crippen LogP contribution is -2.45. The first-order valence-corrected chi connectivity index (χ1v) is 10.5. The lowest BCUT2D eigenvalue weighted by molar-refractivity contribution is -0.148. The van der Waals surface area contributed by atoms with Crippen molar-refractivity contribution < 1.29 is 21.6 Å². The van der Waals surface area contributed by atoms with Crippen molar-refractivity contribution in [1.29, 1.82) is 0 Å². The number of piperidine rings is 1. The number of alkyl halides is 3. The van der Waals surface area contributed by atoms with Crippen molar-refractivity contribution in [2.24, 2.45) is 10.9 Å². The van der Waals surface area contributed by atoms with E-state index in [4.69, 9.17) is 0 Å². The molecule has 26 heavy (non-hydrogen) atoms. The number of likely N-dealkylation sites (tertiary alicyclic amines) is 1. The van der Waals surface area contributed by atoms with Crippen LogP contribution in [-0.2, 0) is 9.84 Å². The minimum atomic E-state index is -4.12. The van der Waals surface area contributed by atoms with Crippen molar-refractivity contribution in [1.82, 2.24) is 15.5 Å². The van der Waals surface area contributed by atoms with Crippen LogP contribution in [-0.4, -0.2) is 76.2 Å². The zero-order chi connectivity index (χ0) is 18.5. The maximum absolute atomic E-state index is 12.4. The molecule has 0 aliphatic carbocycles. The van der Waals surface area contributed by atoms with Gasteiger partial charge in [0.05, 0.1) is 18.1 Å². The second-order valence-corrected chi connectivity index (χ2v) is 9.10. The molecular formula is C15H28F3IN4O2S. The highest BCUT2D eigenvalue weighted by Crippen LogP contribution is 2.23. The van der Waals surface area contributed by atoms with Crippen LogP contribution in [0.2, 0.25) is 0 Å². The molecule has 0 radical (unpaired) electrons. The SMILES string of the molecule is CN=C(NCCC1CCN(CC(F)(F)F)CC1)NC1CCS(=O)(=O)C1.I. The van der Waals surface area contributed by atoms with Gasteiger partial charge in [-0.1, -0.05) is 0 Å². The largest absolute Gasteiger partial charge is 0.401 e. The first-order chi connectivity index (χ1) is 11.7. The standard InChI is InChI=1S/C15H27F3N4O2S.HI/c1-19-14(21-13-5-9-25(23,24)10-13)20-6-2-12-3-7-22(8-4-12)11-15(16,17)18;/h12-13H,2-11H2,1H3,(H2,19,20,21);1H. The minimum Gasteiger partial charge on any atom is -0.356 e. The van der Waals surface area contributed by atoms with Crippen LogP contribution in [0.1, 0.15) is 25.7 Å². The fraction of sp³-hybridized carbons (Fsp3) is 0.933. The zero-order valence-electron chi connectivity index (χ0n) is 14.9. The zero-order valence-corrected chi connectivity index (χ0v) is 18.0. The number of hydrogen-bond acceptors (Lipinski definition) is 4. The fourth-order valence-corrected chi connectivity index (χ4v) is 5.05. The Hall–Kier alpha value is -0.300. The Bertz CT molecular complexity index is 564. The van der Waals surface area contributed by atoms with Gasteiger partial charge >= 0.3 is 6.18 Å². The summed E-state index contributed by atoms with van der Waals surface area (Å²) >= 11 is 0. The van der Waals surface area contributed by atoms with Gasteiger partial charge in [-0.15, -0.1) is 24.0 Å². The third kappa shape index (κ3) is 8.59. The Morgan fingerprint density at radius 3 is 2.38 bits per heavy atom. The van der Waals surface area contributed by atoms with E-state index in [0.29, 0.717) is 37.9 Å². The molecule has 0 spiro atoms. The quantitative estimate of drug-likeness (QED) is 0.333. The summed E-state index contributed by atoms with van der Waals surface area (Å²) in [6.45, 7) is 0.816. The second kappa shape index (κ2) is 10.3. The predicted molar refractivity (Wildman–Crippen MR) is 107 cm³/mol. The highest BCUT2D eigenvalue weighted by atomic mass is 127. The molecule has 2 aliphatic heterocycles. The Morgan fingerprint density at radius 2 is 1.88 bits per heavy atom. The van der Waals surface area contributed by atoms with E-state index in [2.05, 4.69) is 15.6 Å². The fourth-order valence-electron chi connectivity index (χ4n) is 3.38. The molecule has 11 heteroatoms. The molecule has 154 valence electrons. The Kier molecular flexibility index (Phi) is 9.40. The molecule has 2 aliphatic rings. The normalized spacial score (nSPS) is 24.9. The average Bonchev–Trinajstić information content (AvgIpc) is 2.85. The molecular weight excluding hydrogens is 484 g/mol. The number of aliphatic imine (C=N–C) groups is 1. The van der Waals surface area contributed by atoms with Crippen LogP contribution in [0.3, 0.4) is 0 Å². The number of halogens is 4. The molecule has 0 bridgehead atoms. The van der Waals surface area contributed by atoms with Crippen molar-refractivity contribution in [2.75, 3.05) is 44.7 Å². The van der Waals surface area contributed by atoms with E-state index in [1.54, 1.807) is 7.05 Å². The summed E-state index contributed by atoms with van der Waals surface area (Å²) in [5.74, 6) is 1.32. The molecule has 2 saturated heterocycles. The van der Waals surface area contributed by atoms with Crippen LogP contribution in [0.25, 0.3) is 0 Å². The maximum atomic E-state index is 12.4. The van der Waals surface area contributed by atoms with Crippen molar-refractivity contribution in [3.8, 4) is 0 Å². The Labute approximate surface area is 170 Å². The molecule has 6 nitrogen and oxygen atoms in total. The van der Waals surface area contributed by atoms with Gasteiger partial charge in [-0.05, 0) is 44.7 Å². The highest BCUT2D eigenvalue weighted by molar-refractivity contribution is 14.0. The molecule has 0 aromatic rings. The number of rotatable bonds is 5.